The van der Waals surface area contributed by atoms with E-state index >= 15 is 0 Å². The van der Waals surface area contributed by atoms with Crippen molar-refractivity contribution in [1.82, 2.24) is 9.97 Å². The highest BCUT2D eigenvalue weighted by Gasteiger charge is 2.08. The lowest BCUT2D eigenvalue weighted by Crippen LogP contribution is -2.07. The first-order valence-electron chi connectivity index (χ1n) is 8.55. The Morgan fingerprint density at radius 1 is 1.09 bits per heavy atom. The number of hydrogen-bond donors (Lipinski definition) is 2. The SMILES string of the molecule is CCCCCNc1cc(C)nc(Nc2ccccc2C(C)C)n1. The summed E-state index contributed by atoms with van der Waals surface area (Å²) in [5, 5.41) is 6.77. The summed E-state index contributed by atoms with van der Waals surface area (Å²) in [5.41, 5.74) is 3.31. The van der Waals surface area contributed by atoms with Crippen LogP contribution in [0.2, 0.25) is 0 Å². The molecule has 0 atom stereocenters. The number of hydrogen-bond acceptors (Lipinski definition) is 4. The Kier molecular flexibility index (Phi) is 6.39. The summed E-state index contributed by atoms with van der Waals surface area (Å²) in [5.74, 6) is 1.99. The molecule has 0 aliphatic heterocycles. The Morgan fingerprint density at radius 3 is 2.61 bits per heavy atom. The molecule has 0 spiro atoms. The Morgan fingerprint density at radius 2 is 1.87 bits per heavy atom. The van der Waals surface area contributed by atoms with Gasteiger partial charge in [-0.3, -0.25) is 0 Å². The van der Waals surface area contributed by atoms with Crippen LogP contribution in [0.25, 0.3) is 0 Å². The average Bonchev–Trinajstić information content (AvgIpc) is 2.51. The van der Waals surface area contributed by atoms with Crippen LogP contribution in [0.3, 0.4) is 0 Å². The summed E-state index contributed by atoms with van der Waals surface area (Å²) in [6.07, 6.45) is 3.63. The molecule has 0 radical (unpaired) electrons. The highest BCUT2D eigenvalue weighted by molar-refractivity contribution is 5.60. The zero-order valence-corrected chi connectivity index (χ0v) is 14.7. The molecule has 1 aromatic heterocycles. The molecule has 2 rings (SSSR count). The van der Waals surface area contributed by atoms with Crippen LogP contribution in [-0.4, -0.2) is 16.5 Å². The first-order chi connectivity index (χ1) is 11.1. The van der Waals surface area contributed by atoms with Crippen molar-refractivity contribution in [3.63, 3.8) is 0 Å². The summed E-state index contributed by atoms with van der Waals surface area (Å²) in [7, 11) is 0. The van der Waals surface area contributed by atoms with Crippen LogP contribution in [0.15, 0.2) is 30.3 Å². The Balaban J connectivity index is 2.12. The molecule has 1 aromatic carbocycles. The standard InChI is InChI=1S/C19H28N4/c1-5-6-9-12-20-18-13-15(4)21-19(23-18)22-17-11-8-7-10-16(17)14(2)3/h7-8,10-11,13-14H,5-6,9,12H2,1-4H3,(H2,20,21,22,23). The van der Waals surface area contributed by atoms with E-state index in [1.807, 2.05) is 19.1 Å². The molecule has 0 bridgehead atoms. The second kappa shape index (κ2) is 8.51. The van der Waals surface area contributed by atoms with Crippen molar-refractivity contribution in [1.29, 1.82) is 0 Å². The van der Waals surface area contributed by atoms with Gasteiger partial charge >= 0.3 is 0 Å². The van der Waals surface area contributed by atoms with Gasteiger partial charge in [0.25, 0.3) is 0 Å². The van der Waals surface area contributed by atoms with Gasteiger partial charge in [0.05, 0.1) is 0 Å². The lowest BCUT2D eigenvalue weighted by Gasteiger charge is -2.14. The van der Waals surface area contributed by atoms with E-state index in [4.69, 9.17) is 0 Å². The van der Waals surface area contributed by atoms with E-state index in [1.165, 1.54) is 24.8 Å². The third-order valence-electron chi connectivity index (χ3n) is 3.77. The van der Waals surface area contributed by atoms with Crippen molar-refractivity contribution in [3.8, 4) is 0 Å². The number of para-hydroxylation sites is 1. The summed E-state index contributed by atoms with van der Waals surface area (Å²) < 4.78 is 0. The van der Waals surface area contributed by atoms with Crippen LogP contribution in [0.1, 0.15) is 57.2 Å². The Labute approximate surface area is 139 Å². The second-order valence-corrected chi connectivity index (χ2v) is 6.22. The minimum Gasteiger partial charge on any atom is -0.370 e. The predicted molar refractivity (Wildman–Crippen MR) is 98.6 cm³/mol. The summed E-state index contributed by atoms with van der Waals surface area (Å²) in [6, 6.07) is 10.3. The Bertz CT molecular complexity index is 623. The molecule has 2 aromatic rings. The van der Waals surface area contributed by atoms with E-state index in [-0.39, 0.29) is 0 Å². The van der Waals surface area contributed by atoms with Crippen molar-refractivity contribution >= 4 is 17.5 Å². The van der Waals surface area contributed by atoms with Crippen molar-refractivity contribution in [2.24, 2.45) is 0 Å². The van der Waals surface area contributed by atoms with Gasteiger partial charge in [-0.1, -0.05) is 51.8 Å². The minimum absolute atomic E-state index is 0.454. The number of nitrogens with one attached hydrogen (secondary N) is 2. The number of anilines is 3. The van der Waals surface area contributed by atoms with E-state index in [0.29, 0.717) is 11.9 Å². The van der Waals surface area contributed by atoms with Crippen LogP contribution < -0.4 is 10.6 Å². The van der Waals surface area contributed by atoms with E-state index in [0.717, 1.165) is 23.7 Å². The molecule has 4 heteroatoms. The summed E-state index contributed by atoms with van der Waals surface area (Å²) >= 11 is 0. The number of nitrogens with zero attached hydrogens (tertiary/aromatic N) is 2. The molecule has 0 amide bonds. The number of aryl methyl sites for hydroxylation is 1. The predicted octanol–water partition coefficient (Wildman–Crippen LogP) is 5.25. The molecule has 0 aliphatic rings. The van der Waals surface area contributed by atoms with Gasteiger partial charge in [-0.2, -0.15) is 4.98 Å². The summed E-state index contributed by atoms with van der Waals surface area (Å²) in [6.45, 7) is 9.55. The lowest BCUT2D eigenvalue weighted by atomic mass is 10.0. The van der Waals surface area contributed by atoms with E-state index in [9.17, 15) is 0 Å². The number of unbranched alkanes of at least 4 members (excludes halogenated alkanes) is 2. The molecule has 0 unspecified atom stereocenters. The van der Waals surface area contributed by atoms with Gasteiger partial charge in [-0.15, -0.1) is 0 Å². The van der Waals surface area contributed by atoms with Crippen LogP contribution in [-0.2, 0) is 0 Å². The first-order valence-corrected chi connectivity index (χ1v) is 8.55. The maximum absolute atomic E-state index is 4.59. The molecule has 2 N–H and O–H groups in total. The van der Waals surface area contributed by atoms with Crippen molar-refractivity contribution in [2.45, 2.75) is 52.9 Å². The largest absolute Gasteiger partial charge is 0.370 e. The van der Waals surface area contributed by atoms with Gasteiger partial charge in [-0.25, -0.2) is 4.98 Å². The highest BCUT2D eigenvalue weighted by Crippen LogP contribution is 2.26. The molecular weight excluding hydrogens is 284 g/mol. The molecule has 4 nitrogen and oxygen atoms in total. The average molecular weight is 312 g/mol. The van der Waals surface area contributed by atoms with Gasteiger partial charge in [-0.05, 0) is 30.9 Å². The van der Waals surface area contributed by atoms with Crippen molar-refractivity contribution in [2.75, 3.05) is 17.2 Å². The van der Waals surface area contributed by atoms with E-state index < -0.39 is 0 Å². The Hall–Kier alpha value is -2.10. The lowest BCUT2D eigenvalue weighted by molar-refractivity contribution is 0.742. The molecule has 23 heavy (non-hydrogen) atoms. The maximum atomic E-state index is 4.59. The zero-order chi connectivity index (χ0) is 16.7. The monoisotopic (exact) mass is 312 g/mol. The van der Waals surface area contributed by atoms with E-state index in [2.05, 4.69) is 59.6 Å². The van der Waals surface area contributed by atoms with Gasteiger partial charge in [0.15, 0.2) is 0 Å². The highest BCUT2D eigenvalue weighted by atomic mass is 15.1. The van der Waals surface area contributed by atoms with Crippen LogP contribution in [0.4, 0.5) is 17.5 Å². The third kappa shape index (κ3) is 5.23. The van der Waals surface area contributed by atoms with Gasteiger partial charge in [0.2, 0.25) is 5.95 Å². The molecular formula is C19H28N4. The first kappa shape index (κ1) is 17.3. The molecule has 0 saturated heterocycles. The minimum atomic E-state index is 0.454. The van der Waals surface area contributed by atoms with Crippen LogP contribution in [0, 0.1) is 6.92 Å². The smallest absolute Gasteiger partial charge is 0.229 e. The number of benzene rings is 1. The number of rotatable bonds is 8. The van der Waals surface area contributed by atoms with Gasteiger partial charge in [0, 0.05) is 24.0 Å². The molecule has 1 heterocycles. The second-order valence-electron chi connectivity index (χ2n) is 6.22. The fourth-order valence-corrected chi connectivity index (χ4v) is 2.54. The molecule has 124 valence electrons. The summed E-state index contributed by atoms with van der Waals surface area (Å²) in [4.78, 5) is 9.11. The van der Waals surface area contributed by atoms with Gasteiger partial charge in [0.1, 0.15) is 5.82 Å². The van der Waals surface area contributed by atoms with Crippen molar-refractivity contribution in [3.05, 3.63) is 41.6 Å². The maximum Gasteiger partial charge on any atom is 0.229 e. The molecule has 0 fully saturated rings. The normalized spacial score (nSPS) is 10.8. The quantitative estimate of drug-likeness (QED) is 0.653. The molecule has 0 aliphatic carbocycles. The van der Waals surface area contributed by atoms with Gasteiger partial charge < -0.3 is 10.6 Å². The number of aromatic nitrogens is 2. The van der Waals surface area contributed by atoms with Crippen molar-refractivity contribution < 1.29 is 0 Å². The molecule has 0 saturated carbocycles. The fraction of sp³-hybridized carbons (Fsp3) is 0.474. The van der Waals surface area contributed by atoms with E-state index in [1.54, 1.807) is 0 Å². The fourth-order valence-electron chi connectivity index (χ4n) is 2.54. The van der Waals surface area contributed by atoms with Crippen LogP contribution >= 0.6 is 0 Å². The topological polar surface area (TPSA) is 49.8 Å². The van der Waals surface area contributed by atoms with Crippen LogP contribution in [0.5, 0.6) is 0 Å². The zero-order valence-electron chi connectivity index (χ0n) is 14.7. The third-order valence-corrected chi connectivity index (χ3v) is 3.77.